The highest BCUT2D eigenvalue weighted by Crippen LogP contribution is 2.36. The Hall–Kier alpha value is -2.38. The zero-order valence-corrected chi connectivity index (χ0v) is 16.0. The Morgan fingerprint density at radius 1 is 1.27 bits per heavy atom. The number of carbonyl (C=O) groups excluding carboxylic acids is 2. The third kappa shape index (κ3) is 3.20. The van der Waals surface area contributed by atoms with Crippen molar-refractivity contribution in [3.8, 4) is 0 Å². The second-order valence-electron chi connectivity index (χ2n) is 6.20. The summed E-state index contributed by atoms with van der Waals surface area (Å²) in [5.41, 5.74) is 2.22. The van der Waals surface area contributed by atoms with E-state index in [1.54, 1.807) is 29.4 Å². The van der Waals surface area contributed by atoms with E-state index in [1.165, 1.54) is 11.8 Å². The Bertz CT molecular complexity index is 982. The van der Waals surface area contributed by atoms with Crippen LogP contribution in [-0.2, 0) is 11.3 Å². The summed E-state index contributed by atoms with van der Waals surface area (Å²) in [5, 5.41) is 3.65. The van der Waals surface area contributed by atoms with Crippen LogP contribution in [0, 0.1) is 0 Å². The highest BCUT2D eigenvalue weighted by Gasteiger charge is 2.24. The van der Waals surface area contributed by atoms with Gasteiger partial charge in [-0.15, -0.1) is 23.1 Å². The van der Waals surface area contributed by atoms with Crippen LogP contribution in [0.5, 0.6) is 0 Å². The second-order valence-corrected chi connectivity index (χ2v) is 8.69. The molecule has 4 rings (SSSR count). The third-order valence-electron chi connectivity index (χ3n) is 4.21. The SMILES string of the molecule is C[C@@H]1Sc2ccc(C(=O)N(C)Cc3nc4ccccc4s3)cc2NC1=O. The minimum Gasteiger partial charge on any atom is -0.335 e. The molecule has 1 atom stereocenters. The first-order valence-electron chi connectivity index (χ1n) is 8.23. The fourth-order valence-corrected chi connectivity index (χ4v) is 4.78. The van der Waals surface area contributed by atoms with Gasteiger partial charge in [0.1, 0.15) is 5.01 Å². The molecule has 1 aliphatic heterocycles. The topological polar surface area (TPSA) is 62.3 Å². The molecule has 0 bridgehead atoms. The van der Waals surface area contributed by atoms with E-state index in [-0.39, 0.29) is 17.1 Å². The summed E-state index contributed by atoms with van der Waals surface area (Å²) in [4.78, 5) is 31.9. The fraction of sp³-hybridized carbons (Fsp3) is 0.211. The van der Waals surface area contributed by atoms with Crippen LogP contribution in [0.4, 0.5) is 5.69 Å². The number of benzene rings is 2. The van der Waals surface area contributed by atoms with Gasteiger partial charge in [0, 0.05) is 17.5 Å². The first kappa shape index (κ1) is 17.1. The Morgan fingerprint density at radius 2 is 2.08 bits per heavy atom. The maximum Gasteiger partial charge on any atom is 0.254 e. The van der Waals surface area contributed by atoms with Gasteiger partial charge < -0.3 is 10.2 Å². The van der Waals surface area contributed by atoms with E-state index in [9.17, 15) is 9.59 Å². The van der Waals surface area contributed by atoms with E-state index in [1.807, 2.05) is 43.3 Å². The van der Waals surface area contributed by atoms with E-state index in [0.717, 1.165) is 20.1 Å². The highest BCUT2D eigenvalue weighted by molar-refractivity contribution is 8.00. The number of hydrogen-bond donors (Lipinski definition) is 1. The van der Waals surface area contributed by atoms with Crippen molar-refractivity contribution in [3.63, 3.8) is 0 Å². The van der Waals surface area contributed by atoms with Crippen molar-refractivity contribution in [2.75, 3.05) is 12.4 Å². The molecule has 2 aromatic carbocycles. The van der Waals surface area contributed by atoms with E-state index in [2.05, 4.69) is 10.3 Å². The summed E-state index contributed by atoms with van der Waals surface area (Å²) >= 11 is 3.10. The number of fused-ring (bicyclic) bond motifs is 2. The molecular weight excluding hydrogens is 366 g/mol. The highest BCUT2D eigenvalue weighted by atomic mass is 32.2. The number of thioether (sulfide) groups is 1. The standard InChI is InChI=1S/C19H17N3O2S2/c1-11-18(23)21-14-9-12(7-8-16(14)25-11)19(24)22(2)10-17-20-13-5-3-4-6-15(13)26-17/h3-9,11H,10H2,1-2H3,(H,21,23)/t11-/m0/s1. The molecular formula is C19H17N3O2S2. The average Bonchev–Trinajstić information content (AvgIpc) is 3.04. The number of aromatic nitrogens is 1. The van der Waals surface area contributed by atoms with Gasteiger partial charge in [-0.1, -0.05) is 12.1 Å². The van der Waals surface area contributed by atoms with Crippen molar-refractivity contribution >= 4 is 50.8 Å². The lowest BCUT2D eigenvalue weighted by Crippen LogP contribution is -2.28. The molecule has 5 nitrogen and oxygen atoms in total. The molecule has 0 saturated heterocycles. The molecule has 0 spiro atoms. The normalized spacial score (nSPS) is 16.2. The van der Waals surface area contributed by atoms with Crippen LogP contribution in [-0.4, -0.2) is 34.0 Å². The van der Waals surface area contributed by atoms with Gasteiger partial charge in [-0.2, -0.15) is 0 Å². The maximum atomic E-state index is 12.8. The molecule has 0 fully saturated rings. The summed E-state index contributed by atoms with van der Waals surface area (Å²) in [7, 11) is 1.77. The third-order valence-corrected chi connectivity index (χ3v) is 6.41. The summed E-state index contributed by atoms with van der Waals surface area (Å²) < 4.78 is 1.12. The molecule has 3 aromatic rings. The predicted molar refractivity (Wildman–Crippen MR) is 106 cm³/mol. The monoisotopic (exact) mass is 383 g/mol. The minimum atomic E-state index is -0.120. The number of nitrogens with zero attached hydrogens (tertiary/aromatic N) is 2. The Labute approximate surface area is 159 Å². The molecule has 2 heterocycles. The van der Waals surface area contributed by atoms with Crippen molar-refractivity contribution in [2.24, 2.45) is 0 Å². The maximum absolute atomic E-state index is 12.8. The molecule has 1 aromatic heterocycles. The Morgan fingerprint density at radius 3 is 2.88 bits per heavy atom. The van der Waals surface area contributed by atoms with E-state index in [4.69, 9.17) is 0 Å². The van der Waals surface area contributed by atoms with Gasteiger partial charge in [0.15, 0.2) is 0 Å². The molecule has 0 saturated carbocycles. The Balaban J connectivity index is 1.53. The number of amides is 2. The average molecular weight is 383 g/mol. The van der Waals surface area contributed by atoms with Crippen LogP contribution in [0.25, 0.3) is 10.2 Å². The van der Waals surface area contributed by atoms with Gasteiger partial charge in [-0.3, -0.25) is 9.59 Å². The van der Waals surface area contributed by atoms with Gasteiger partial charge in [-0.05, 0) is 37.3 Å². The quantitative estimate of drug-likeness (QED) is 0.743. The van der Waals surface area contributed by atoms with Crippen LogP contribution >= 0.6 is 23.1 Å². The molecule has 0 unspecified atom stereocenters. The number of thiazole rings is 1. The van der Waals surface area contributed by atoms with Crippen molar-refractivity contribution in [2.45, 2.75) is 23.6 Å². The lowest BCUT2D eigenvalue weighted by molar-refractivity contribution is -0.115. The first-order valence-corrected chi connectivity index (χ1v) is 9.92. The summed E-state index contributed by atoms with van der Waals surface area (Å²) in [5.74, 6) is -0.125. The largest absolute Gasteiger partial charge is 0.335 e. The zero-order valence-electron chi connectivity index (χ0n) is 14.4. The second kappa shape index (κ2) is 6.74. The molecule has 2 amide bonds. The van der Waals surface area contributed by atoms with Crippen molar-refractivity contribution in [1.29, 1.82) is 0 Å². The van der Waals surface area contributed by atoms with E-state index < -0.39 is 0 Å². The van der Waals surface area contributed by atoms with Crippen LogP contribution in [0.15, 0.2) is 47.4 Å². The summed E-state index contributed by atoms with van der Waals surface area (Å²) in [6.07, 6.45) is 0. The molecule has 1 N–H and O–H groups in total. The number of anilines is 1. The molecule has 0 radical (unpaired) electrons. The smallest absolute Gasteiger partial charge is 0.254 e. The van der Waals surface area contributed by atoms with Gasteiger partial charge in [-0.25, -0.2) is 4.98 Å². The van der Waals surface area contributed by atoms with Crippen LogP contribution in [0.2, 0.25) is 0 Å². The molecule has 132 valence electrons. The van der Waals surface area contributed by atoms with Crippen LogP contribution in [0.1, 0.15) is 22.3 Å². The van der Waals surface area contributed by atoms with Crippen molar-refractivity contribution in [3.05, 3.63) is 53.0 Å². The van der Waals surface area contributed by atoms with Crippen molar-refractivity contribution < 1.29 is 9.59 Å². The van der Waals surface area contributed by atoms with Gasteiger partial charge in [0.2, 0.25) is 5.91 Å². The molecule has 26 heavy (non-hydrogen) atoms. The molecule has 7 heteroatoms. The number of nitrogens with one attached hydrogen (secondary N) is 1. The first-order chi connectivity index (χ1) is 12.5. The summed E-state index contributed by atoms with van der Waals surface area (Å²) in [6, 6.07) is 13.4. The van der Waals surface area contributed by atoms with Gasteiger partial charge in [0.25, 0.3) is 5.91 Å². The molecule has 1 aliphatic rings. The van der Waals surface area contributed by atoms with E-state index >= 15 is 0 Å². The lowest BCUT2D eigenvalue weighted by atomic mass is 10.1. The zero-order chi connectivity index (χ0) is 18.3. The number of para-hydroxylation sites is 1. The number of rotatable bonds is 3. The van der Waals surface area contributed by atoms with Gasteiger partial charge in [0.05, 0.1) is 27.7 Å². The molecule has 0 aliphatic carbocycles. The summed E-state index contributed by atoms with van der Waals surface area (Å²) in [6.45, 7) is 2.32. The van der Waals surface area contributed by atoms with Gasteiger partial charge >= 0.3 is 0 Å². The lowest BCUT2D eigenvalue weighted by Gasteiger charge is -2.22. The van der Waals surface area contributed by atoms with Crippen LogP contribution in [0.3, 0.4) is 0 Å². The minimum absolute atomic E-state index is 0.0325. The fourth-order valence-electron chi connectivity index (χ4n) is 2.82. The number of hydrogen-bond acceptors (Lipinski definition) is 5. The van der Waals surface area contributed by atoms with Crippen LogP contribution < -0.4 is 5.32 Å². The Kier molecular flexibility index (Phi) is 4.42. The predicted octanol–water partition coefficient (Wildman–Crippen LogP) is 4.00. The van der Waals surface area contributed by atoms with Crippen molar-refractivity contribution in [1.82, 2.24) is 9.88 Å². The number of carbonyl (C=O) groups is 2. The van der Waals surface area contributed by atoms with E-state index in [0.29, 0.717) is 17.8 Å².